The third-order valence-corrected chi connectivity index (χ3v) is 0.644. The molecule has 0 saturated carbocycles. The normalized spacial score (nSPS) is 9.67. The van der Waals surface area contributed by atoms with Crippen molar-refractivity contribution >= 4 is 12.6 Å². The van der Waals surface area contributed by atoms with Crippen LogP contribution in [0.5, 0.6) is 0 Å². The van der Waals surface area contributed by atoms with Gasteiger partial charge in [0.05, 0.1) is 5.66 Å². The molecule has 12 heavy (non-hydrogen) atoms. The Hall–Kier alpha value is -0.740. The van der Waals surface area contributed by atoms with Gasteiger partial charge in [0.25, 0.3) is 0 Å². The zero-order valence-electron chi connectivity index (χ0n) is 7.75. The molecule has 72 valence electrons. The van der Waals surface area contributed by atoms with Gasteiger partial charge in [0.2, 0.25) is 0 Å². The molecular weight excluding hydrogens is 156 g/mol. The van der Waals surface area contributed by atoms with Gasteiger partial charge < -0.3 is 21.1 Å². The van der Waals surface area contributed by atoms with E-state index >= 15 is 0 Å². The predicted octanol–water partition coefficient (Wildman–Crippen LogP) is 0.194. The molecule has 0 aliphatic carbocycles. The maximum atomic E-state index is 9.56. The molecule has 0 heterocycles. The quantitative estimate of drug-likeness (QED) is 0.362. The van der Waals surface area contributed by atoms with Crippen molar-refractivity contribution in [1.82, 2.24) is 0 Å². The van der Waals surface area contributed by atoms with E-state index in [2.05, 4.69) is 0 Å². The number of aldehydes is 2. The molecule has 0 fully saturated rings. The van der Waals surface area contributed by atoms with Crippen LogP contribution in [-0.2, 0) is 9.59 Å². The molecule has 0 aliphatic rings. The van der Waals surface area contributed by atoms with Crippen LogP contribution in [0.2, 0.25) is 0 Å². The molecule has 0 amide bonds. The Kier molecular flexibility index (Phi) is 9.63. The van der Waals surface area contributed by atoms with E-state index in [0.29, 0.717) is 19.3 Å². The maximum Gasteiger partial charge on any atom is 0.120 e. The van der Waals surface area contributed by atoms with Gasteiger partial charge in [-0.2, -0.15) is 0 Å². The zero-order valence-corrected chi connectivity index (χ0v) is 7.75. The van der Waals surface area contributed by atoms with Crippen LogP contribution in [0.15, 0.2) is 0 Å². The summed E-state index contributed by atoms with van der Waals surface area (Å²) in [7, 11) is 0. The monoisotopic (exact) mass is 174 g/mol. The van der Waals surface area contributed by atoms with Gasteiger partial charge in [-0.15, -0.1) is 0 Å². The van der Waals surface area contributed by atoms with Crippen molar-refractivity contribution in [3.63, 3.8) is 0 Å². The molecule has 0 radical (unpaired) electrons. The zero-order chi connectivity index (χ0) is 10.0. The highest BCUT2D eigenvalue weighted by Gasteiger charge is 1.95. The number of carbonyl (C=O) groups is 2. The Morgan fingerprint density at radius 2 is 1.33 bits per heavy atom. The molecule has 0 saturated heterocycles. The van der Waals surface area contributed by atoms with Crippen LogP contribution in [0.4, 0.5) is 0 Å². The summed E-state index contributed by atoms with van der Waals surface area (Å²) in [5.74, 6) is 0. The van der Waals surface area contributed by atoms with Gasteiger partial charge in [0.15, 0.2) is 0 Å². The van der Waals surface area contributed by atoms with E-state index in [1.165, 1.54) is 0 Å². The van der Waals surface area contributed by atoms with Crippen LogP contribution in [0.3, 0.4) is 0 Å². The first-order valence-corrected chi connectivity index (χ1v) is 3.87. The molecule has 0 aromatic rings. The highest BCUT2D eigenvalue weighted by atomic mass is 16.1. The van der Waals surface area contributed by atoms with Crippen molar-refractivity contribution in [2.75, 3.05) is 0 Å². The van der Waals surface area contributed by atoms with Crippen LogP contribution < -0.4 is 11.5 Å². The minimum absolute atomic E-state index is 0.500. The molecule has 0 aliphatic heterocycles. The Bertz CT molecular complexity index is 105. The van der Waals surface area contributed by atoms with E-state index in [1.54, 1.807) is 13.8 Å². The molecule has 0 aromatic heterocycles. The summed E-state index contributed by atoms with van der Waals surface area (Å²) in [5, 5.41) is 0. The van der Waals surface area contributed by atoms with E-state index in [-0.39, 0.29) is 0 Å². The fraction of sp³-hybridized carbons (Fsp3) is 0.750. The third-order valence-electron chi connectivity index (χ3n) is 0.644. The third kappa shape index (κ3) is 59.4. The second kappa shape index (κ2) is 8.36. The summed E-state index contributed by atoms with van der Waals surface area (Å²) < 4.78 is 0. The molecule has 0 bridgehead atoms. The average molecular weight is 174 g/mol. The Morgan fingerprint density at radius 3 is 1.50 bits per heavy atom. The Morgan fingerprint density at radius 1 is 1.08 bits per heavy atom. The molecule has 0 aromatic carbocycles. The van der Waals surface area contributed by atoms with Crippen molar-refractivity contribution < 1.29 is 9.59 Å². The number of nitrogens with two attached hydrogens (primary N) is 2. The van der Waals surface area contributed by atoms with Gasteiger partial charge in [0, 0.05) is 12.8 Å². The van der Waals surface area contributed by atoms with Crippen LogP contribution in [0.25, 0.3) is 0 Å². The van der Waals surface area contributed by atoms with Crippen LogP contribution >= 0.6 is 0 Å². The van der Waals surface area contributed by atoms with E-state index in [4.69, 9.17) is 11.5 Å². The second-order valence-electron chi connectivity index (χ2n) is 3.09. The molecule has 0 unspecified atom stereocenters. The van der Waals surface area contributed by atoms with E-state index in [9.17, 15) is 9.59 Å². The standard InChI is InChI=1S/C5H8O2.C3H10N2/c6-4-2-1-3-5-7;1-3(2,4)5/h4-5H,1-3H2;4-5H2,1-2H3. The summed E-state index contributed by atoms with van der Waals surface area (Å²) in [6.45, 7) is 3.49. The Balaban J connectivity index is 0. The molecule has 4 heteroatoms. The van der Waals surface area contributed by atoms with E-state index in [1.807, 2.05) is 0 Å². The van der Waals surface area contributed by atoms with Crippen molar-refractivity contribution in [3.8, 4) is 0 Å². The van der Waals surface area contributed by atoms with Gasteiger partial charge >= 0.3 is 0 Å². The SMILES string of the molecule is CC(C)(N)N.O=CCCCC=O. The largest absolute Gasteiger partial charge is 0.314 e. The minimum atomic E-state index is -0.500. The first kappa shape index (κ1) is 13.8. The highest BCUT2D eigenvalue weighted by Crippen LogP contribution is 1.85. The fourth-order valence-corrected chi connectivity index (χ4v) is 0.285. The van der Waals surface area contributed by atoms with Gasteiger partial charge in [-0.05, 0) is 20.3 Å². The average Bonchev–Trinajstić information content (AvgIpc) is 1.85. The summed E-state index contributed by atoms with van der Waals surface area (Å²) in [6.07, 6.45) is 3.37. The van der Waals surface area contributed by atoms with Gasteiger partial charge in [-0.1, -0.05) is 0 Å². The first-order valence-electron chi connectivity index (χ1n) is 3.87. The lowest BCUT2D eigenvalue weighted by molar-refractivity contribution is -0.108. The Labute approximate surface area is 73.3 Å². The number of unbranched alkanes of at least 4 members (excludes halogenated alkanes) is 2. The topological polar surface area (TPSA) is 86.2 Å². The van der Waals surface area contributed by atoms with Gasteiger partial charge in [-0.25, -0.2) is 0 Å². The highest BCUT2D eigenvalue weighted by molar-refractivity contribution is 5.52. The van der Waals surface area contributed by atoms with Crippen molar-refractivity contribution in [2.24, 2.45) is 11.5 Å². The molecule has 4 nitrogen and oxygen atoms in total. The van der Waals surface area contributed by atoms with Crippen LogP contribution in [0.1, 0.15) is 33.1 Å². The molecule has 0 spiro atoms. The van der Waals surface area contributed by atoms with Gasteiger partial charge in [-0.3, -0.25) is 0 Å². The summed E-state index contributed by atoms with van der Waals surface area (Å²) in [6, 6.07) is 0. The van der Waals surface area contributed by atoms with Crippen molar-refractivity contribution in [2.45, 2.75) is 38.8 Å². The lowest BCUT2D eigenvalue weighted by Gasteiger charge is -2.07. The molecular formula is C8H18N2O2. The number of rotatable bonds is 4. The molecule has 0 atom stereocenters. The lowest BCUT2D eigenvalue weighted by atomic mass is 10.3. The lowest BCUT2D eigenvalue weighted by Crippen LogP contribution is -2.42. The summed E-state index contributed by atoms with van der Waals surface area (Å²) in [4.78, 5) is 19.1. The minimum Gasteiger partial charge on any atom is -0.314 e. The maximum absolute atomic E-state index is 9.56. The number of hydrogen-bond acceptors (Lipinski definition) is 4. The second-order valence-corrected chi connectivity index (χ2v) is 3.09. The molecule has 0 rings (SSSR count). The number of carbonyl (C=O) groups excluding carboxylic acids is 2. The molecule has 4 N–H and O–H groups in total. The van der Waals surface area contributed by atoms with Crippen molar-refractivity contribution in [1.29, 1.82) is 0 Å². The summed E-state index contributed by atoms with van der Waals surface area (Å²) in [5.41, 5.74) is 9.76. The van der Waals surface area contributed by atoms with E-state index in [0.717, 1.165) is 12.6 Å². The fourth-order valence-electron chi connectivity index (χ4n) is 0.285. The van der Waals surface area contributed by atoms with Gasteiger partial charge in [0.1, 0.15) is 12.6 Å². The summed E-state index contributed by atoms with van der Waals surface area (Å²) >= 11 is 0. The van der Waals surface area contributed by atoms with Crippen LogP contribution in [-0.4, -0.2) is 18.2 Å². The van der Waals surface area contributed by atoms with E-state index < -0.39 is 5.66 Å². The smallest absolute Gasteiger partial charge is 0.120 e. The predicted molar refractivity (Wildman–Crippen MR) is 48.4 cm³/mol. The first-order chi connectivity index (χ1) is 5.41. The van der Waals surface area contributed by atoms with Crippen molar-refractivity contribution in [3.05, 3.63) is 0 Å². The van der Waals surface area contributed by atoms with Crippen LogP contribution in [0, 0.1) is 0 Å². The number of hydrogen-bond donors (Lipinski definition) is 2.